The van der Waals surface area contributed by atoms with Gasteiger partial charge >= 0.3 is 0 Å². The molecule has 11 aromatic rings. The first-order valence-electron chi connectivity index (χ1n) is 17.9. The van der Waals surface area contributed by atoms with Crippen LogP contribution < -0.4 is 0 Å². The summed E-state index contributed by atoms with van der Waals surface area (Å²) < 4.78 is 11.4. The van der Waals surface area contributed by atoms with Crippen LogP contribution in [0.5, 0.6) is 0 Å². The van der Waals surface area contributed by atoms with Crippen molar-refractivity contribution >= 4 is 75.3 Å². The van der Waals surface area contributed by atoms with Gasteiger partial charge in [0, 0.05) is 53.3 Å². The van der Waals surface area contributed by atoms with Crippen LogP contribution in [-0.4, -0.2) is 4.57 Å². The Bertz CT molecular complexity index is 3250. The molecule has 0 N–H and O–H groups in total. The molecule has 2 nitrogen and oxygen atoms in total. The fourth-order valence-corrected chi connectivity index (χ4v) is 10.3. The zero-order chi connectivity index (χ0) is 33.9. The second kappa shape index (κ2) is 10.6. The Morgan fingerprint density at radius 3 is 2.17 bits per heavy atom. The number of thiophene rings is 1. The number of fused-ring (bicyclic) bond motifs is 13. The maximum atomic E-state index is 6.31. The highest BCUT2D eigenvalue weighted by Gasteiger charge is 2.33. The lowest BCUT2D eigenvalue weighted by molar-refractivity contribution is 0.669. The zero-order valence-electron chi connectivity index (χ0n) is 28.0. The lowest BCUT2D eigenvalue weighted by Crippen LogP contribution is -2.03. The Hall–Kier alpha value is -6.42. The molecule has 0 bridgehead atoms. The van der Waals surface area contributed by atoms with Crippen LogP contribution in [0.3, 0.4) is 0 Å². The van der Waals surface area contributed by atoms with E-state index in [9.17, 15) is 0 Å². The number of para-hydroxylation sites is 2. The standard InChI is InChI=1S/C49H29NOS/c1-2-11-29(12-3-1)46-37-16-5-4-13-33(37)38-25-26-39-34-14-6-8-18-41(34)50(49(39)48(38)46)31-22-24-40-45(28-31)52-44-20-10-17-32(47(40)44)30-21-23-36-35-15-7-9-19-42(35)51-43(36)27-30/h1-28,46H. The van der Waals surface area contributed by atoms with Gasteiger partial charge in [-0.2, -0.15) is 0 Å². The number of furan rings is 1. The first kappa shape index (κ1) is 28.3. The Kier molecular flexibility index (Phi) is 5.74. The van der Waals surface area contributed by atoms with E-state index in [1.165, 1.54) is 86.6 Å². The normalized spacial score (nSPS) is 14.0. The van der Waals surface area contributed by atoms with Crippen LogP contribution in [0.25, 0.3) is 91.9 Å². The van der Waals surface area contributed by atoms with E-state index < -0.39 is 0 Å². The van der Waals surface area contributed by atoms with Gasteiger partial charge < -0.3 is 8.98 Å². The molecule has 0 amide bonds. The van der Waals surface area contributed by atoms with Crippen LogP contribution in [0.15, 0.2) is 174 Å². The summed E-state index contributed by atoms with van der Waals surface area (Å²) in [7, 11) is 0. The van der Waals surface area contributed by atoms with E-state index in [0.29, 0.717) is 0 Å². The van der Waals surface area contributed by atoms with Crippen LogP contribution in [0.2, 0.25) is 0 Å². The average molecular weight is 680 g/mol. The minimum Gasteiger partial charge on any atom is -0.456 e. The van der Waals surface area contributed by atoms with Crippen molar-refractivity contribution in [3.8, 4) is 27.9 Å². The van der Waals surface area contributed by atoms with Gasteiger partial charge in [0.15, 0.2) is 0 Å². The summed E-state index contributed by atoms with van der Waals surface area (Å²) in [6.07, 6.45) is 0. The third kappa shape index (κ3) is 3.83. The first-order chi connectivity index (χ1) is 25.8. The predicted molar refractivity (Wildman–Crippen MR) is 219 cm³/mol. The van der Waals surface area contributed by atoms with Gasteiger partial charge in [-0.05, 0) is 81.4 Å². The van der Waals surface area contributed by atoms with E-state index in [0.717, 1.165) is 21.9 Å². The first-order valence-corrected chi connectivity index (χ1v) is 18.7. The lowest BCUT2D eigenvalue weighted by Gasteiger charge is -2.18. The highest BCUT2D eigenvalue weighted by Crippen LogP contribution is 2.52. The summed E-state index contributed by atoms with van der Waals surface area (Å²) in [5, 5.41) is 7.47. The van der Waals surface area contributed by atoms with E-state index in [1.54, 1.807) is 0 Å². The highest BCUT2D eigenvalue weighted by atomic mass is 32.1. The third-order valence-corrected chi connectivity index (χ3v) is 12.4. The van der Waals surface area contributed by atoms with Crippen LogP contribution in [0, 0.1) is 0 Å². The smallest absolute Gasteiger partial charge is 0.136 e. The number of aromatic nitrogens is 1. The molecule has 52 heavy (non-hydrogen) atoms. The molecule has 12 rings (SSSR count). The van der Waals surface area contributed by atoms with Crippen molar-refractivity contribution in [1.82, 2.24) is 4.57 Å². The van der Waals surface area contributed by atoms with Crippen LogP contribution in [0.4, 0.5) is 0 Å². The minimum absolute atomic E-state index is 0.152. The van der Waals surface area contributed by atoms with Crippen molar-refractivity contribution in [3.05, 3.63) is 187 Å². The van der Waals surface area contributed by atoms with Crippen molar-refractivity contribution in [2.24, 2.45) is 0 Å². The number of nitrogens with zero attached hydrogens (tertiary/aromatic N) is 1. The van der Waals surface area contributed by atoms with Gasteiger partial charge in [-0.1, -0.05) is 127 Å². The Morgan fingerprint density at radius 1 is 0.481 bits per heavy atom. The topological polar surface area (TPSA) is 18.1 Å². The molecule has 0 saturated carbocycles. The van der Waals surface area contributed by atoms with Crippen LogP contribution >= 0.6 is 11.3 Å². The Morgan fingerprint density at radius 2 is 1.23 bits per heavy atom. The van der Waals surface area contributed by atoms with Crippen molar-refractivity contribution < 1.29 is 4.42 Å². The Balaban J connectivity index is 1.10. The van der Waals surface area contributed by atoms with Crippen LogP contribution in [0.1, 0.15) is 22.6 Å². The Labute approximate surface area is 303 Å². The number of hydrogen-bond donors (Lipinski definition) is 0. The molecule has 1 unspecified atom stereocenters. The molecule has 3 aromatic heterocycles. The molecule has 0 radical (unpaired) electrons. The zero-order valence-corrected chi connectivity index (χ0v) is 28.8. The monoisotopic (exact) mass is 679 g/mol. The number of rotatable bonds is 3. The quantitative estimate of drug-likeness (QED) is 0.182. The fourth-order valence-electron chi connectivity index (χ4n) is 9.11. The van der Waals surface area contributed by atoms with Gasteiger partial charge in [-0.15, -0.1) is 11.3 Å². The lowest BCUT2D eigenvalue weighted by atomic mass is 9.88. The van der Waals surface area contributed by atoms with Crippen molar-refractivity contribution in [2.45, 2.75) is 5.92 Å². The van der Waals surface area contributed by atoms with Crippen molar-refractivity contribution in [2.75, 3.05) is 0 Å². The molecule has 0 spiro atoms. The summed E-state index contributed by atoms with van der Waals surface area (Å²) in [4.78, 5) is 0. The van der Waals surface area contributed by atoms with Gasteiger partial charge in [-0.25, -0.2) is 0 Å². The number of hydrogen-bond acceptors (Lipinski definition) is 2. The SMILES string of the molecule is c1ccc(C2c3ccccc3-c3ccc4c5ccccc5n(-c5ccc6c(c5)sc5cccc(-c7ccc8c(c7)oc7ccccc78)c56)c4c32)cc1. The molecule has 3 heterocycles. The maximum Gasteiger partial charge on any atom is 0.136 e. The van der Waals surface area contributed by atoms with Crippen molar-refractivity contribution in [3.63, 3.8) is 0 Å². The summed E-state index contributed by atoms with van der Waals surface area (Å²) in [6, 6.07) is 62.4. The summed E-state index contributed by atoms with van der Waals surface area (Å²) >= 11 is 1.88. The average Bonchev–Trinajstić information content (AvgIpc) is 3.95. The molecule has 3 heteroatoms. The van der Waals surface area contributed by atoms with Gasteiger partial charge in [0.25, 0.3) is 0 Å². The molecule has 0 saturated heterocycles. The molecule has 8 aromatic carbocycles. The molecule has 1 aliphatic carbocycles. The third-order valence-electron chi connectivity index (χ3n) is 11.3. The minimum atomic E-state index is 0.152. The number of benzene rings is 8. The summed E-state index contributed by atoms with van der Waals surface area (Å²) in [5.41, 5.74) is 14.7. The van der Waals surface area contributed by atoms with Gasteiger partial charge in [-0.3, -0.25) is 0 Å². The molecule has 1 aliphatic rings. The highest BCUT2D eigenvalue weighted by molar-refractivity contribution is 7.26. The molecular formula is C49H29NOS. The fraction of sp³-hybridized carbons (Fsp3) is 0.0204. The predicted octanol–water partition coefficient (Wildman–Crippen LogP) is 13.9. The van der Waals surface area contributed by atoms with E-state index in [4.69, 9.17) is 4.42 Å². The molecule has 0 aliphatic heterocycles. The molecular weight excluding hydrogens is 651 g/mol. The van der Waals surface area contributed by atoms with Crippen LogP contribution in [-0.2, 0) is 0 Å². The summed E-state index contributed by atoms with van der Waals surface area (Å²) in [6.45, 7) is 0. The van der Waals surface area contributed by atoms with Gasteiger partial charge in [0.2, 0.25) is 0 Å². The van der Waals surface area contributed by atoms with Crippen molar-refractivity contribution in [1.29, 1.82) is 0 Å². The van der Waals surface area contributed by atoms with E-state index >= 15 is 0 Å². The van der Waals surface area contributed by atoms with E-state index in [2.05, 4.69) is 162 Å². The van der Waals surface area contributed by atoms with Gasteiger partial charge in [0.05, 0.1) is 11.0 Å². The van der Waals surface area contributed by atoms with E-state index in [1.807, 2.05) is 23.5 Å². The maximum absolute atomic E-state index is 6.31. The second-order valence-corrected chi connectivity index (χ2v) is 15.1. The summed E-state index contributed by atoms with van der Waals surface area (Å²) in [5.74, 6) is 0.152. The van der Waals surface area contributed by atoms with Gasteiger partial charge in [0.1, 0.15) is 11.2 Å². The molecule has 0 fully saturated rings. The molecule has 1 atom stereocenters. The van der Waals surface area contributed by atoms with E-state index in [-0.39, 0.29) is 5.92 Å². The second-order valence-electron chi connectivity index (χ2n) is 14.0. The molecule has 242 valence electrons. The largest absolute Gasteiger partial charge is 0.456 e.